The number of aliphatic imine (C=N–C) groups is 1. The lowest BCUT2D eigenvalue weighted by Gasteiger charge is -2.22. The molecule has 1 unspecified atom stereocenters. The fraction of sp³-hybridized carbons (Fsp3) is 0.682. The number of hydrogen-bond donors (Lipinski definition) is 1. The average molecular weight is 501 g/mol. The quantitative estimate of drug-likeness (QED) is 0.254. The molecule has 2 saturated heterocycles. The second-order valence-corrected chi connectivity index (χ2v) is 7.56. The smallest absolute Gasteiger partial charge is 0.193 e. The van der Waals surface area contributed by atoms with Gasteiger partial charge in [0.05, 0.1) is 0 Å². The van der Waals surface area contributed by atoms with E-state index in [1.54, 1.807) is 0 Å². The van der Waals surface area contributed by atoms with Gasteiger partial charge in [0, 0.05) is 58.5 Å². The van der Waals surface area contributed by atoms with Crippen molar-refractivity contribution in [2.45, 2.75) is 38.5 Å². The molecule has 0 spiro atoms. The minimum absolute atomic E-state index is 0. The SMILES string of the molecule is CCNC(=NCCCOCC1CCOCC1)N1CCC(c2ccccc2)C1.I. The number of rotatable bonds is 8. The monoisotopic (exact) mass is 501 g/mol. The summed E-state index contributed by atoms with van der Waals surface area (Å²) in [4.78, 5) is 7.25. The lowest BCUT2D eigenvalue weighted by molar-refractivity contribution is 0.0205. The summed E-state index contributed by atoms with van der Waals surface area (Å²) in [5.41, 5.74) is 1.44. The molecule has 0 aromatic heterocycles. The number of nitrogens with one attached hydrogen (secondary N) is 1. The van der Waals surface area contributed by atoms with Gasteiger partial charge in [0.2, 0.25) is 0 Å². The van der Waals surface area contributed by atoms with E-state index in [9.17, 15) is 0 Å². The number of benzene rings is 1. The Morgan fingerprint density at radius 2 is 2.00 bits per heavy atom. The maximum absolute atomic E-state index is 5.86. The number of guanidine groups is 1. The van der Waals surface area contributed by atoms with Crippen molar-refractivity contribution in [3.05, 3.63) is 35.9 Å². The van der Waals surface area contributed by atoms with Gasteiger partial charge in [-0.2, -0.15) is 0 Å². The molecule has 0 saturated carbocycles. The molecule has 5 nitrogen and oxygen atoms in total. The first-order valence-corrected chi connectivity index (χ1v) is 10.6. The van der Waals surface area contributed by atoms with Crippen molar-refractivity contribution in [2.24, 2.45) is 10.9 Å². The molecule has 0 bridgehead atoms. The van der Waals surface area contributed by atoms with Crippen LogP contribution in [0.1, 0.15) is 44.1 Å². The van der Waals surface area contributed by atoms with Crippen LogP contribution in [0, 0.1) is 5.92 Å². The lowest BCUT2D eigenvalue weighted by Crippen LogP contribution is -2.40. The molecule has 1 aromatic rings. The largest absolute Gasteiger partial charge is 0.381 e. The second kappa shape index (κ2) is 13.4. The van der Waals surface area contributed by atoms with E-state index in [4.69, 9.17) is 14.5 Å². The van der Waals surface area contributed by atoms with Gasteiger partial charge in [-0.25, -0.2) is 0 Å². The maximum Gasteiger partial charge on any atom is 0.193 e. The molecule has 0 radical (unpaired) electrons. The van der Waals surface area contributed by atoms with Crippen LogP contribution in [0.25, 0.3) is 0 Å². The van der Waals surface area contributed by atoms with Crippen molar-refractivity contribution in [2.75, 3.05) is 52.6 Å². The van der Waals surface area contributed by atoms with Crippen LogP contribution < -0.4 is 5.32 Å². The molecular weight excluding hydrogens is 465 g/mol. The lowest BCUT2D eigenvalue weighted by atomic mass is 9.99. The van der Waals surface area contributed by atoms with Crippen molar-refractivity contribution in [1.29, 1.82) is 0 Å². The van der Waals surface area contributed by atoms with Crippen molar-refractivity contribution in [3.63, 3.8) is 0 Å². The van der Waals surface area contributed by atoms with E-state index < -0.39 is 0 Å². The number of hydrogen-bond acceptors (Lipinski definition) is 3. The molecule has 2 aliphatic heterocycles. The highest BCUT2D eigenvalue weighted by Gasteiger charge is 2.25. The van der Waals surface area contributed by atoms with Crippen molar-refractivity contribution < 1.29 is 9.47 Å². The van der Waals surface area contributed by atoms with Gasteiger partial charge in [-0.3, -0.25) is 4.99 Å². The van der Waals surface area contributed by atoms with Crippen LogP contribution in [0.4, 0.5) is 0 Å². The Hall–Kier alpha value is -0.860. The predicted octanol–water partition coefficient (Wildman–Crippen LogP) is 3.89. The van der Waals surface area contributed by atoms with Crippen LogP contribution in [0.15, 0.2) is 35.3 Å². The van der Waals surface area contributed by atoms with Crippen LogP contribution in [-0.4, -0.2) is 63.5 Å². The minimum Gasteiger partial charge on any atom is -0.381 e. The summed E-state index contributed by atoms with van der Waals surface area (Å²) < 4.78 is 11.2. The summed E-state index contributed by atoms with van der Waals surface area (Å²) >= 11 is 0. The summed E-state index contributed by atoms with van der Waals surface area (Å²) in [5, 5.41) is 3.46. The molecule has 2 fully saturated rings. The van der Waals surface area contributed by atoms with E-state index in [-0.39, 0.29) is 24.0 Å². The van der Waals surface area contributed by atoms with E-state index in [1.165, 1.54) is 12.0 Å². The van der Waals surface area contributed by atoms with Crippen molar-refractivity contribution in [3.8, 4) is 0 Å². The Balaban J connectivity index is 0.00000280. The third-order valence-electron chi connectivity index (χ3n) is 5.50. The number of likely N-dealkylation sites (tertiary alicyclic amines) is 1. The second-order valence-electron chi connectivity index (χ2n) is 7.56. The highest BCUT2D eigenvalue weighted by atomic mass is 127. The summed E-state index contributed by atoms with van der Waals surface area (Å²) in [6.07, 6.45) is 4.46. The zero-order chi connectivity index (χ0) is 18.7. The van der Waals surface area contributed by atoms with Gasteiger partial charge in [-0.1, -0.05) is 30.3 Å². The molecule has 1 atom stereocenters. The van der Waals surface area contributed by atoms with Crippen LogP contribution in [0.2, 0.25) is 0 Å². The zero-order valence-corrected chi connectivity index (χ0v) is 19.5. The number of ether oxygens (including phenoxy) is 2. The minimum atomic E-state index is 0. The van der Waals surface area contributed by atoms with E-state index >= 15 is 0 Å². The van der Waals surface area contributed by atoms with Gasteiger partial charge in [0.25, 0.3) is 0 Å². The molecule has 6 heteroatoms. The highest BCUT2D eigenvalue weighted by molar-refractivity contribution is 14.0. The third-order valence-corrected chi connectivity index (χ3v) is 5.50. The first kappa shape index (κ1) is 23.4. The standard InChI is InChI=1S/C22H35N3O2.HI/c1-2-23-22(24-12-6-14-27-18-19-10-15-26-16-11-19)25-13-9-21(17-25)20-7-4-3-5-8-20;/h3-5,7-8,19,21H,2,6,9-18H2,1H3,(H,23,24);1H. The van der Waals surface area contributed by atoms with Gasteiger partial charge in [-0.15, -0.1) is 24.0 Å². The Morgan fingerprint density at radius 3 is 2.75 bits per heavy atom. The maximum atomic E-state index is 5.86. The molecular formula is C22H36IN3O2. The van der Waals surface area contributed by atoms with Gasteiger partial charge < -0.3 is 19.7 Å². The summed E-state index contributed by atoms with van der Waals surface area (Å²) in [5.74, 6) is 2.34. The first-order chi connectivity index (χ1) is 13.4. The normalized spacial score (nSPS) is 20.8. The zero-order valence-electron chi connectivity index (χ0n) is 17.1. The Kier molecular flexibility index (Phi) is 11.2. The molecule has 1 N–H and O–H groups in total. The molecule has 2 aliphatic rings. The molecule has 28 heavy (non-hydrogen) atoms. The van der Waals surface area contributed by atoms with E-state index in [0.29, 0.717) is 11.8 Å². The highest BCUT2D eigenvalue weighted by Crippen LogP contribution is 2.26. The van der Waals surface area contributed by atoms with Crippen LogP contribution in [-0.2, 0) is 9.47 Å². The first-order valence-electron chi connectivity index (χ1n) is 10.6. The van der Waals surface area contributed by atoms with E-state index in [0.717, 1.165) is 77.8 Å². The molecule has 0 amide bonds. The van der Waals surface area contributed by atoms with Crippen molar-refractivity contribution >= 4 is 29.9 Å². The molecule has 2 heterocycles. The van der Waals surface area contributed by atoms with Gasteiger partial charge in [0.1, 0.15) is 0 Å². The molecule has 3 rings (SSSR count). The molecule has 1 aromatic carbocycles. The van der Waals surface area contributed by atoms with Crippen LogP contribution in [0.5, 0.6) is 0 Å². The van der Waals surface area contributed by atoms with E-state index in [1.807, 2.05) is 0 Å². The van der Waals surface area contributed by atoms with Crippen LogP contribution >= 0.6 is 24.0 Å². The summed E-state index contributed by atoms with van der Waals surface area (Å²) in [7, 11) is 0. The van der Waals surface area contributed by atoms with Gasteiger partial charge in [0.15, 0.2) is 5.96 Å². The third kappa shape index (κ3) is 7.52. The Labute approximate surface area is 187 Å². The number of nitrogens with zero attached hydrogens (tertiary/aromatic N) is 2. The molecule has 158 valence electrons. The molecule has 0 aliphatic carbocycles. The fourth-order valence-corrected chi connectivity index (χ4v) is 3.89. The fourth-order valence-electron chi connectivity index (χ4n) is 3.89. The van der Waals surface area contributed by atoms with Crippen molar-refractivity contribution in [1.82, 2.24) is 10.2 Å². The Bertz CT molecular complexity index is 564. The predicted molar refractivity (Wildman–Crippen MR) is 126 cm³/mol. The average Bonchev–Trinajstić information content (AvgIpc) is 3.21. The topological polar surface area (TPSA) is 46.1 Å². The number of halogens is 1. The van der Waals surface area contributed by atoms with Crippen LogP contribution in [0.3, 0.4) is 0 Å². The Morgan fingerprint density at radius 1 is 1.21 bits per heavy atom. The van der Waals surface area contributed by atoms with E-state index in [2.05, 4.69) is 47.5 Å². The summed E-state index contributed by atoms with van der Waals surface area (Å²) in [6.45, 7) is 9.45. The van der Waals surface area contributed by atoms with Gasteiger partial charge in [-0.05, 0) is 44.1 Å². The van der Waals surface area contributed by atoms with Gasteiger partial charge >= 0.3 is 0 Å². The summed E-state index contributed by atoms with van der Waals surface area (Å²) in [6, 6.07) is 10.9.